The van der Waals surface area contributed by atoms with E-state index in [4.69, 9.17) is 19.4 Å². The molecule has 0 unspecified atom stereocenters. The van der Waals surface area contributed by atoms with Gasteiger partial charge in [0, 0.05) is 53.2 Å². The third-order valence-electron chi connectivity index (χ3n) is 9.36. The number of nitrogens with zero attached hydrogens (tertiary/aromatic N) is 3. The number of hydrogen-bond acceptors (Lipinski definition) is 5. The molecule has 7 aromatic carbocycles. The molecule has 0 radical (unpaired) electrons. The summed E-state index contributed by atoms with van der Waals surface area (Å²) in [6, 6.07) is 56.7. The van der Waals surface area contributed by atoms with E-state index in [-0.39, 0.29) is 0 Å². The fourth-order valence-electron chi connectivity index (χ4n) is 6.87. The lowest BCUT2D eigenvalue weighted by Crippen LogP contribution is -2.00. The molecule has 0 saturated heterocycles. The lowest BCUT2D eigenvalue weighted by atomic mass is 9.98. The number of hydrogen-bond donors (Lipinski definition) is 0. The molecule has 0 spiro atoms. The summed E-state index contributed by atoms with van der Waals surface area (Å²) in [6.45, 7) is 0. The van der Waals surface area contributed by atoms with Crippen molar-refractivity contribution in [1.82, 2.24) is 15.0 Å². The maximum absolute atomic E-state index is 6.51. The summed E-state index contributed by atoms with van der Waals surface area (Å²) in [5.74, 6) is 1.92. The van der Waals surface area contributed by atoms with Gasteiger partial charge in [0.1, 0.15) is 11.2 Å². The van der Waals surface area contributed by atoms with Gasteiger partial charge < -0.3 is 4.42 Å². The minimum Gasteiger partial charge on any atom is -0.455 e. The number of furan rings is 1. The zero-order valence-corrected chi connectivity index (χ0v) is 27.6. The Kier molecular flexibility index (Phi) is 6.64. The first-order valence-electron chi connectivity index (χ1n) is 16.6. The van der Waals surface area contributed by atoms with Gasteiger partial charge in [-0.25, -0.2) is 15.0 Å². The number of benzene rings is 7. The van der Waals surface area contributed by atoms with Crippen LogP contribution in [0.3, 0.4) is 0 Å². The maximum Gasteiger partial charge on any atom is 0.164 e. The topological polar surface area (TPSA) is 51.8 Å². The summed E-state index contributed by atoms with van der Waals surface area (Å²) in [6.07, 6.45) is 0. The average Bonchev–Trinajstić information content (AvgIpc) is 3.77. The van der Waals surface area contributed by atoms with Crippen LogP contribution in [0.1, 0.15) is 0 Å². The molecule has 0 fully saturated rings. The molecule has 234 valence electrons. The number of fused-ring (bicyclic) bond motifs is 7. The van der Waals surface area contributed by atoms with Crippen molar-refractivity contribution in [3.8, 4) is 56.4 Å². The predicted molar refractivity (Wildman–Crippen MR) is 207 cm³/mol. The minimum absolute atomic E-state index is 0.635. The Balaban J connectivity index is 1.10. The van der Waals surface area contributed by atoms with Gasteiger partial charge in [-0.2, -0.15) is 0 Å². The summed E-state index contributed by atoms with van der Waals surface area (Å²) < 4.78 is 8.98. The van der Waals surface area contributed by atoms with Crippen LogP contribution in [-0.4, -0.2) is 15.0 Å². The molecule has 10 aromatic rings. The number of aromatic nitrogens is 3. The minimum atomic E-state index is 0.635. The summed E-state index contributed by atoms with van der Waals surface area (Å²) in [5, 5.41) is 4.65. The summed E-state index contributed by atoms with van der Waals surface area (Å²) in [5.41, 5.74) is 9.31. The Morgan fingerprint density at radius 2 is 0.880 bits per heavy atom. The first-order valence-corrected chi connectivity index (χ1v) is 17.4. The highest BCUT2D eigenvalue weighted by Gasteiger charge is 2.19. The molecule has 0 aliphatic carbocycles. The zero-order chi connectivity index (χ0) is 33.0. The Labute approximate surface area is 292 Å². The highest BCUT2D eigenvalue weighted by molar-refractivity contribution is 7.26. The van der Waals surface area contributed by atoms with Crippen LogP contribution < -0.4 is 0 Å². The smallest absolute Gasteiger partial charge is 0.164 e. The molecule has 50 heavy (non-hydrogen) atoms. The van der Waals surface area contributed by atoms with E-state index in [9.17, 15) is 0 Å². The second-order valence-corrected chi connectivity index (χ2v) is 13.4. The Bertz CT molecular complexity index is 2840. The van der Waals surface area contributed by atoms with Gasteiger partial charge in [0.25, 0.3) is 0 Å². The predicted octanol–water partition coefficient (Wildman–Crippen LogP) is 12.5. The molecule has 0 aliphatic heterocycles. The Morgan fingerprint density at radius 1 is 0.400 bits per heavy atom. The number of para-hydroxylation sites is 1. The van der Waals surface area contributed by atoms with Crippen LogP contribution in [-0.2, 0) is 0 Å². The van der Waals surface area contributed by atoms with Crippen LogP contribution in [0.2, 0.25) is 0 Å². The third kappa shape index (κ3) is 4.79. The molecule has 0 N–H and O–H groups in total. The highest BCUT2D eigenvalue weighted by Crippen LogP contribution is 2.46. The van der Waals surface area contributed by atoms with Gasteiger partial charge in [-0.05, 0) is 34.9 Å². The van der Waals surface area contributed by atoms with Crippen molar-refractivity contribution in [2.75, 3.05) is 0 Å². The van der Waals surface area contributed by atoms with Gasteiger partial charge in [-0.15, -0.1) is 11.3 Å². The SMILES string of the molecule is c1ccc(-c2ccc(-c3nc(-c4ccccc4)nc(-c4ccc(-c5cc6c7ccccc7oc6c6c5sc5ccccc56)cc4)n3)cc2)cc1. The molecule has 4 nitrogen and oxygen atoms in total. The summed E-state index contributed by atoms with van der Waals surface area (Å²) >= 11 is 1.81. The molecule has 0 atom stereocenters. The summed E-state index contributed by atoms with van der Waals surface area (Å²) in [4.78, 5) is 14.9. The van der Waals surface area contributed by atoms with Crippen LogP contribution in [0.4, 0.5) is 0 Å². The first-order chi connectivity index (χ1) is 24.8. The fraction of sp³-hybridized carbons (Fsp3) is 0. The lowest BCUT2D eigenvalue weighted by molar-refractivity contribution is 0.673. The molecule has 0 bridgehead atoms. The largest absolute Gasteiger partial charge is 0.455 e. The van der Waals surface area contributed by atoms with E-state index in [1.807, 2.05) is 53.8 Å². The van der Waals surface area contributed by atoms with E-state index in [0.717, 1.165) is 49.8 Å². The second-order valence-electron chi connectivity index (χ2n) is 12.4. The summed E-state index contributed by atoms with van der Waals surface area (Å²) in [7, 11) is 0. The van der Waals surface area contributed by atoms with Crippen molar-refractivity contribution in [3.63, 3.8) is 0 Å². The van der Waals surface area contributed by atoms with Crippen molar-refractivity contribution in [3.05, 3.63) is 164 Å². The highest BCUT2D eigenvalue weighted by atomic mass is 32.1. The molecule has 3 heterocycles. The van der Waals surface area contributed by atoms with Gasteiger partial charge in [-0.3, -0.25) is 0 Å². The molecule has 0 saturated carbocycles. The molecule has 0 aliphatic rings. The van der Waals surface area contributed by atoms with Crippen molar-refractivity contribution < 1.29 is 4.42 Å². The fourth-order valence-corrected chi connectivity index (χ4v) is 8.11. The van der Waals surface area contributed by atoms with E-state index >= 15 is 0 Å². The molecule has 3 aromatic heterocycles. The van der Waals surface area contributed by atoms with Crippen LogP contribution in [0.25, 0.3) is 98.5 Å². The van der Waals surface area contributed by atoms with Crippen molar-refractivity contribution in [2.45, 2.75) is 0 Å². The molecule has 5 heteroatoms. The lowest BCUT2D eigenvalue weighted by Gasteiger charge is -2.10. The Morgan fingerprint density at radius 3 is 1.54 bits per heavy atom. The molecular weight excluding hydrogens is 631 g/mol. The maximum atomic E-state index is 6.51. The van der Waals surface area contributed by atoms with E-state index in [0.29, 0.717) is 17.5 Å². The van der Waals surface area contributed by atoms with Crippen molar-refractivity contribution in [1.29, 1.82) is 0 Å². The van der Waals surface area contributed by atoms with E-state index in [1.54, 1.807) is 0 Å². The quantitative estimate of drug-likeness (QED) is 0.185. The third-order valence-corrected chi connectivity index (χ3v) is 10.6. The van der Waals surface area contributed by atoms with E-state index < -0.39 is 0 Å². The molecule has 10 rings (SSSR count). The molecular formula is C45H27N3OS. The van der Waals surface area contributed by atoms with Crippen molar-refractivity contribution in [2.24, 2.45) is 0 Å². The van der Waals surface area contributed by atoms with E-state index in [1.165, 1.54) is 31.3 Å². The first kappa shape index (κ1) is 28.6. The average molecular weight is 658 g/mol. The number of thiophene rings is 1. The Hall–Kier alpha value is -6.43. The molecule has 0 amide bonds. The zero-order valence-electron chi connectivity index (χ0n) is 26.7. The van der Waals surface area contributed by atoms with Gasteiger partial charge in [0.05, 0.1) is 0 Å². The van der Waals surface area contributed by atoms with Crippen LogP contribution in [0.15, 0.2) is 168 Å². The van der Waals surface area contributed by atoms with E-state index in [2.05, 4.69) is 121 Å². The standard InChI is InChI=1S/C45H27N3OS/c1-3-11-28(12-4-1)29-19-23-32(24-20-29)44-46-43(31-13-5-2-6-14-31)47-45(48-44)33-25-21-30(22-26-33)36-27-37-34-15-7-9-17-38(34)49-41(37)40-35-16-8-10-18-39(35)50-42(36)40/h1-27H. The van der Waals surface area contributed by atoms with Crippen LogP contribution >= 0.6 is 11.3 Å². The van der Waals surface area contributed by atoms with Gasteiger partial charge >= 0.3 is 0 Å². The number of rotatable bonds is 5. The van der Waals surface area contributed by atoms with Gasteiger partial charge in [-0.1, -0.05) is 146 Å². The normalized spacial score (nSPS) is 11.6. The van der Waals surface area contributed by atoms with Crippen molar-refractivity contribution >= 4 is 53.4 Å². The second kappa shape index (κ2) is 11.6. The van der Waals surface area contributed by atoms with Gasteiger partial charge in [0.15, 0.2) is 17.5 Å². The van der Waals surface area contributed by atoms with Gasteiger partial charge in [0.2, 0.25) is 0 Å². The monoisotopic (exact) mass is 657 g/mol. The van der Waals surface area contributed by atoms with Crippen LogP contribution in [0, 0.1) is 0 Å². The van der Waals surface area contributed by atoms with Crippen LogP contribution in [0.5, 0.6) is 0 Å².